The van der Waals surface area contributed by atoms with Crippen LogP contribution >= 0.6 is 0 Å². The molecule has 5 nitrogen and oxygen atoms in total. The zero-order valence-electron chi connectivity index (χ0n) is 11.1. The van der Waals surface area contributed by atoms with Crippen molar-refractivity contribution >= 4 is 10.0 Å². The highest BCUT2D eigenvalue weighted by Gasteiger charge is 2.32. The molecule has 1 atom stereocenters. The molecule has 0 bridgehead atoms. The minimum atomic E-state index is -3.42. The van der Waals surface area contributed by atoms with E-state index in [0.717, 1.165) is 12.8 Å². The molecule has 0 aliphatic carbocycles. The van der Waals surface area contributed by atoms with Crippen LogP contribution in [0.3, 0.4) is 0 Å². The van der Waals surface area contributed by atoms with Gasteiger partial charge in [0.1, 0.15) is 16.4 Å². The van der Waals surface area contributed by atoms with Gasteiger partial charge in [-0.05, 0) is 39.8 Å². The van der Waals surface area contributed by atoms with Gasteiger partial charge in [0.15, 0.2) is 0 Å². The first-order valence-corrected chi connectivity index (χ1v) is 7.63. The van der Waals surface area contributed by atoms with E-state index in [1.807, 2.05) is 7.05 Å². The molecule has 0 amide bonds. The molecule has 1 saturated heterocycles. The van der Waals surface area contributed by atoms with Crippen molar-refractivity contribution in [1.82, 2.24) is 9.62 Å². The maximum atomic E-state index is 12.5. The first kappa shape index (κ1) is 13.6. The molecule has 0 aromatic carbocycles. The Bertz CT molecular complexity index is 521. The van der Waals surface area contributed by atoms with Crippen molar-refractivity contribution in [2.45, 2.75) is 37.6 Å². The van der Waals surface area contributed by atoms with E-state index in [9.17, 15) is 8.42 Å². The highest BCUT2D eigenvalue weighted by molar-refractivity contribution is 7.89. The Morgan fingerprint density at radius 2 is 2.17 bits per heavy atom. The second-order valence-corrected chi connectivity index (χ2v) is 6.67. The minimum absolute atomic E-state index is 0.238. The third kappa shape index (κ3) is 2.46. The average molecular weight is 272 g/mol. The van der Waals surface area contributed by atoms with Crippen molar-refractivity contribution in [3.63, 3.8) is 0 Å². The minimum Gasteiger partial charge on any atom is -0.465 e. The molecule has 1 unspecified atom stereocenters. The second kappa shape index (κ2) is 5.03. The fourth-order valence-electron chi connectivity index (χ4n) is 2.40. The van der Waals surface area contributed by atoms with Gasteiger partial charge in [-0.1, -0.05) is 0 Å². The SMILES string of the molecule is CNC1CCCN(S(=O)(=O)c2cc(C)oc2C)C1. The predicted octanol–water partition coefficient (Wildman–Crippen LogP) is 1.27. The number of rotatable bonds is 3. The Kier molecular flexibility index (Phi) is 3.79. The van der Waals surface area contributed by atoms with Crippen molar-refractivity contribution in [3.05, 3.63) is 17.6 Å². The molecule has 1 fully saturated rings. The van der Waals surface area contributed by atoms with E-state index in [-0.39, 0.29) is 6.04 Å². The summed E-state index contributed by atoms with van der Waals surface area (Å²) in [5.74, 6) is 1.10. The number of furan rings is 1. The summed E-state index contributed by atoms with van der Waals surface area (Å²) in [5, 5.41) is 3.15. The van der Waals surface area contributed by atoms with Gasteiger partial charge in [-0.3, -0.25) is 0 Å². The van der Waals surface area contributed by atoms with Gasteiger partial charge in [0.05, 0.1) is 0 Å². The summed E-state index contributed by atoms with van der Waals surface area (Å²) in [5.41, 5.74) is 0. The van der Waals surface area contributed by atoms with Gasteiger partial charge in [-0.25, -0.2) is 8.42 Å². The van der Waals surface area contributed by atoms with Crippen LogP contribution in [0.1, 0.15) is 24.4 Å². The van der Waals surface area contributed by atoms with Crippen LogP contribution in [0.2, 0.25) is 0 Å². The maximum Gasteiger partial charge on any atom is 0.246 e. The lowest BCUT2D eigenvalue weighted by Crippen LogP contribution is -2.46. The van der Waals surface area contributed by atoms with Gasteiger partial charge in [0.2, 0.25) is 10.0 Å². The molecule has 1 aliphatic rings. The van der Waals surface area contributed by atoms with E-state index in [1.54, 1.807) is 24.2 Å². The molecule has 6 heteroatoms. The van der Waals surface area contributed by atoms with Crippen LogP contribution in [0.25, 0.3) is 0 Å². The smallest absolute Gasteiger partial charge is 0.246 e. The summed E-state index contributed by atoms with van der Waals surface area (Å²) < 4.78 is 31.9. The number of nitrogens with one attached hydrogen (secondary N) is 1. The Morgan fingerprint density at radius 3 is 2.72 bits per heavy atom. The zero-order valence-corrected chi connectivity index (χ0v) is 11.9. The Labute approximate surface area is 108 Å². The van der Waals surface area contributed by atoms with Crippen molar-refractivity contribution in [2.75, 3.05) is 20.1 Å². The third-order valence-electron chi connectivity index (χ3n) is 3.41. The van der Waals surface area contributed by atoms with Crippen molar-refractivity contribution in [3.8, 4) is 0 Å². The summed E-state index contributed by atoms with van der Waals surface area (Å²) in [7, 11) is -1.55. The maximum absolute atomic E-state index is 12.5. The van der Waals surface area contributed by atoms with Crippen LogP contribution < -0.4 is 5.32 Å². The summed E-state index contributed by atoms with van der Waals surface area (Å²) in [4.78, 5) is 0.303. The molecular formula is C12H20N2O3S. The van der Waals surface area contributed by atoms with E-state index >= 15 is 0 Å². The van der Waals surface area contributed by atoms with Crippen LogP contribution in [-0.2, 0) is 10.0 Å². The van der Waals surface area contributed by atoms with Crippen LogP contribution in [0.4, 0.5) is 0 Å². The van der Waals surface area contributed by atoms with Crippen molar-refractivity contribution in [2.24, 2.45) is 0 Å². The van der Waals surface area contributed by atoms with Gasteiger partial charge < -0.3 is 9.73 Å². The monoisotopic (exact) mass is 272 g/mol. The number of hydrogen-bond acceptors (Lipinski definition) is 4. The predicted molar refractivity (Wildman–Crippen MR) is 69.0 cm³/mol. The number of likely N-dealkylation sites (N-methyl/N-ethyl adjacent to an activating group) is 1. The lowest BCUT2D eigenvalue weighted by molar-refractivity contribution is 0.292. The van der Waals surface area contributed by atoms with Gasteiger partial charge in [0, 0.05) is 19.1 Å². The van der Waals surface area contributed by atoms with Crippen LogP contribution in [0.5, 0.6) is 0 Å². The molecule has 0 spiro atoms. The fraction of sp³-hybridized carbons (Fsp3) is 0.667. The molecule has 1 aromatic rings. The number of nitrogens with zero attached hydrogens (tertiary/aromatic N) is 1. The lowest BCUT2D eigenvalue weighted by Gasteiger charge is -2.31. The van der Waals surface area contributed by atoms with Gasteiger partial charge in [0.25, 0.3) is 0 Å². The van der Waals surface area contributed by atoms with Gasteiger partial charge in [-0.15, -0.1) is 0 Å². The highest BCUT2D eigenvalue weighted by Crippen LogP contribution is 2.25. The van der Waals surface area contributed by atoms with E-state index in [4.69, 9.17) is 4.42 Å². The quantitative estimate of drug-likeness (QED) is 0.900. The lowest BCUT2D eigenvalue weighted by atomic mass is 10.1. The zero-order chi connectivity index (χ0) is 13.3. The van der Waals surface area contributed by atoms with Crippen molar-refractivity contribution in [1.29, 1.82) is 0 Å². The molecule has 0 saturated carbocycles. The second-order valence-electron chi connectivity index (χ2n) is 4.77. The number of piperidine rings is 1. The molecule has 102 valence electrons. The fourth-order valence-corrected chi connectivity index (χ4v) is 4.14. The summed E-state index contributed by atoms with van der Waals surface area (Å²) >= 11 is 0. The summed E-state index contributed by atoms with van der Waals surface area (Å²) in [6.45, 7) is 4.57. The first-order chi connectivity index (χ1) is 8.45. The molecule has 18 heavy (non-hydrogen) atoms. The molecule has 1 N–H and O–H groups in total. The molecule has 1 aliphatic heterocycles. The Morgan fingerprint density at radius 1 is 1.44 bits per heavy atom. The third-order valence-corrected chi connectivity index (χ3v) is 5.38. The molecule has 1 aromatic heterocycles. The highest BCUT2D eigenvalue weighted by atomic mass is 32.2. The molecule has 0 radical (unpaired) electrons. The molecular weight excluding hydrogens is 252 g/mol. The standard InChI is InChI=1S/C12H20N2O3S/c1-9-7-12(10(2)17-9)18(15,16)14-6-4-5-11(8-14)13-3/h7,11,13H,4-6,8H2,1-3H3. The topological polar surface area (TPSA) is 62.6 Å². The van der Waals surface area contributed by atoms with Gasteiger partial charge >= 0.3 is 0 Å². The number of hydrogen-bond donors (Lipinski definition) is 1. The van der Waals surface area contributed by atoms with E-state index < -0.39 is 10.0 Å². The Hall–Kier alpha value is -0.850. The normalized spacial score (nSPS) is 22.3. The average Bonchev–Trinajstić information content (AvgIpc) is 2.69. The largest absolute Gasteiger partial charge is 0.465 e. The molecule has 2 rings (SSSR count). The summed E-state index contributed by atoms with van der Waals surface area (Å²) in [6, 6.07) is 1.84. The van der Waals surface area contributed by atoms with E-state index in [0.29, 0.717) is 29.5 Å². The summed E-state index contributed by atoms with van der Waals surface area (Å²) in [6.07, 6.45) is 1.91. The first-order valence-electron chi connectivity index (χ1n) is 6.19. The molecule has 2 heterocycles. The van der Waals surface area contributed by atoms with Crippen LogP contribution in [0.15, 0.2) is 15.4 Å². The van der Waals surface area contributed by atoms with E-state index in [2.05, 4.69) is 5.32 Å². The van der Waals surface area contributed by atoms with Crippen molar-refractivity contribution < 1.29 is 12.8 Å². The van der Waals surface area contributed by atoms with Crippen LogP contribution in [0, 0.1) is 13.8 Å². The number of aryl methyl sites for hydroxylation is 2. The Balaban J connectivity index is 2.28. The number of sulfonamides is 1. The van der Waals surface area contributed by atoms with Crippen LogP contribution in [-0.4, -0.2) is 38.9 Å². The van der Waals surface area contributed by atoms with E-state index in [1.165, 1.54) is 0 Å². The van der Waals surface area contributed by atoms with Gasteiger partial charge in [-0.2, -0.15) is 4.31 Å².